The minimum Gasteiger partial charge on any atom is -0.334 e. The Morgan fingerprint density at radius 2 is 1.67 bits per heavy atom. The molecule has 0 radical (unpaired) electrons. The van der Waals surface area contributed by atoms with Crippen molar-refractivity contribution in [2.75, 3.05) is 7.05 Å². The van der Waals surface area contributed by atoms with Crippen LogP contribution in [0.15, 0.2) is 29.6 Å². The molecule has 1 aromatic carbocycles. The number of carbonyl (C=O) groups is 1. The van der Waals surface area contributed by atoms with Gasteiger partial charge in [-0.05, 0) is 18.2 Å². The van der Waals surface area contributed by atoms with Crippen LogP contribution in [0.2, 0.25) is 0 Å². The zero-order chi connectivity index (χ0) is 20.1. The van der Waals surface area contributed by atoms with Gasteiger partial charge in [0.25, 0.3) is 0 Å². The molecule has 0 aliphatic heterocycles. The molecule has 3 N–H and O–H groups in total. The van der Waals surface area contributed by atoms with Crippen molar-refractivity contribution in [1.29, 1.82) is 0 Å². The van der Waals surface area contributed by atoms with Crippen molar-refractivity contribution in [3.8, 4) is 0 Å². The van der Waals surface area contributed by atoms with Gasteiger partial charge in [-0.3, -0.25) is 0 Å². The fourth-order valence-electron chi connectivity index (χ4n) is 2.19. The predicted molar refractivity (Wildman–Crippen MR) is 108 cm³/mol. The Morgan fingerprint density at radius 3 is 2.22 bits per heavy atom. The molecule has 0 bridgehead atoms. The lowest BCUT2D eigenvalue weighted by molar-refractivity contribution is 0.240. The third-order valence-corrected chi connectivity index (χ3v) is 6.42. The predicted octanol–water partition coefficient (Wildman–Crippen LogP) is 2.49. The van der Waals surface area contributed by atoms with Crippen LogP contribution in [0.25, 0.3) is 0 Å². The average molecular weight is 411 g/mol. The average Bonchev–Trinajstić information content (AvgIpc) is 3.08. The van der Waals surface area contributed by atoms with E-state index in [0.29, 0.717) is 18.7 Å². The Balaban J connectivity index is 1.79. The molecule has 2 rings (SSSR count). The summed E-state index contributed by atoms with van der Waals surface area (Å²) >= 11 is 1.59. The van der Waals surface area contributed by atoms with E-state index in [9.17, 15) is 13.2 Å². The first-order valence-electron chi connectivity index (χ1n) is 8.55. The van der Waals surface area contributed by atoms with Crippen LogP contribution >= 0.6 is 11.3 Å². The Labute approximate surface area is 164 Å². The van der Waals surface area contributed by atoms with Crippen LogP contribution in [0.4, 0.5) is 4.79 Å². The number of nitrogens with zero attached hydrogens (tertiary/aromatic N) is 1. The van der Waals surface area contributed by atoms with Gasteiger partial charge in [0.15, 0.2) is 0 Å². The molecule has 1 aromatic heterocycles. The van der Waals surface area contributed by atoms with Gasteiger partial charge in [-0.25, -0.2) is 22.9 Å². The van der Waals surface area contributed by atoms with Crippen molar-refractivity contribution in [3.05, 3.63) is 51.5 Å². The fraction of sp³-hybridized carbons (Fsp3) is 0.444. The molecular formula is C18H26N4O3S2. The summed E-state index contributed by atoms with van der Waals surface area (Å²) in [7, 11) is -1.90. The molecule has 0 fully saturated rings. The highest BCUT2D eigenvalue weighted by Crippen LogP contribution is 2.25. The number of amides is 2. The molecule has 9 heteroatoms. The van der Waals surface area contributed by atoms with Crippen LogP contribution < -0.4 is 15.4 Å². The maximum absolute atomic E-state index is 12.0. The summed E-state index contributed by atoms with van der Waals surface area (Å²) in [5, 5.41) is 8.57. The minimum atomic E-state index is -3.29. The van der Waals surface area contributed by atoms with Gasteiger partial charge in [-0.15, -0.1) is 11.3 Å². The van der Waals surface area contributed by atoms with Crippen molar-refractivity contribution in [2.24, 2.45) is 0 Å². The first-order valence-corrected chi connectivity index (χ1v) is 11.1. The number of rotatable bonds is 7. The van der Waals surface area contributed by atoms with E-state index < -0.39 is 10.0 Å². The number of hydrogen-bond acceptors (Lipinski definition) is 5. The van der Waals surface area contributed by atoms with Crippen molar-refractivity contribution < 1.29 is 13.2 Å². The summed E-state index contributed by atoms with van der Waals surface area (Å²) in [6.07, 6.45) is 0. The molecular weight excluding hydrogens is 384 g/mol. The zero-order valence-electron chi connectivity index (χ0n) is 16.0. The second-order valence-corrected chi connectivity index (χ2v) is 9.99. The molecule has 7 nitrogen and oxygen atoms in total. The van der Waals surface area contributed by atoms with E-state index in [1.165, 1.54) is 7.05 Å². The standard InChI is InChI=1S/C18H26N4O3S2/c1-18(2,3)16-22-15(11-26-16)10-21-17(23)20-9-13-5-7-14(8-6-13)12-27(24,25)19-4/h5-8,11,19H,9-10,12H2,1-4H3,(H2,20,21,23). The lowest BCUT2D eigenvalue weighted by Crippen LogP contribution is -2.34. The Kier molecular flexibility index (Phi) is 6.96. The number of aromatic nitrogens is 1. The van der Waals surface area contributed by atoms with Crippen LogP contribution in [-0.2, 0) is 34.3 Å². The third kappa shape index (κ3) is 6.93. The molecule has 27 heavy (non-hydrogen) atoms. The van der Waals surface area contributed by atoms with Crippen molar-refractivity contribution in [1.82, 2.24) is 20.3 Å². The summed E-state index contributed by atoms with van der Waals surface area (Å²) in [5.41, 5.74) is 2.43. The number of hydrogen-bond donors (Lipinski definition) is 3. The highest BCUT2D eigenvalue weighted by atomic mass is 32.2. The largest absolute Gasteiger partial charge is 0.334 e. The van der Waals surface area contributed by atoms with E-state index in [4.69, 9.17) is 0 Å². The lowest BCUT2D eigenvalue weighted by atomic mass is 9.98. The summed E-state index contributed by atoms with van der Waals surface area (Å²) in [5.74, 6) is -0.0676. The maximum Gasteiger partial charge on any atom is 0.315 e. The van der Waals surface area contributed by atoms with Crippen LogP contribution in [-0.4, -0.2) is 26.5 Å². The van der Waals surface area contributed by atoms with Gasteiger partial charge in [0.2, 0.25) is 10.0 Å². The van der Waals surface area contributed by atoms with Gasteiger partial charge in [0.05, 0.1) is 23.0 Å². The van der Waals surface area contributed by atoms with Gasteiger partial charge in [0.1, 0.15) is 0 Å². The van der Waals surface area contributed by atoms with E-state index in [1.807, 2.05) is 5.38 Å². The van der Waals surface area contributed by atoms with E-state index in [-0.39, 0.29) is 17.2 Å². The lowest BCUT2D eigenvalue weighted by Gasteiger charge is -2.13. The topological polar surface area (TPSA) is 100 Å². The molecule has 0 atom stereocenters. The van der Waals surface area contributed by atoms with E-state index in [1.54, 1.807) is 35.6 Å². The Morgan fingerprint density at radius 1 is 1.07 bits per heavy atom. The van der Waals surface area contributed by atoms with Crippen LogP contribution in [0.5, 0.6) is 0 Å². The SMILES string of the molecule is CNS(=O)(=O)Cc1ccc(CNC(=O)NCc2csc(C(C)(C)C)n2)cc1. The van der Waals surface area contributed by atoms with Crippen LogP contribution in [0.1, 0.15) is 42.6 Å². The highest BCUT2D eigenvalue weighted by Gasteiger charge is 2.18. The molecule has 1 heterocycles. The van der Waals surface area contributed by atoms with Crippen LogP contribution in [0.3, 0.4) is 0 Å². The summed E-state index contributed by atoms with van der Waals surface area (Å²) in [6.45, 7) is 7.05. The van der Waals surface area contributed by atoms with Gasteiger partial charge >= 0.3 is 6.03 Å². The fourth-order valence-corrected chi connectivity index (χ4v) is 3.88. The van der Waals surface area contributed by atoms with Crippen molar-refractivity contribution in [3.63, 3.8) is 0 Å². The van der Waals surface area contributed by atoms with Gasteiger partial charge in [-0.2, -0.15) is 0 Å². The summed E-state index contributed by atoms with van der Waals surface area (Å²) < 4.78 is 25.4. The second kappa shape index (κ2) is 8.81. The van der Waals surface area contributed by atoms with Gasteiger partial charge in [0, 0.05) is 17.3 Å². The highest BCUT2D eigenvalue weighted by molar-refractivity contribution is 7.88. The molecule has 0 unspecified atom stereocenters. The molecule has 2 aromatic rings. The Bertz CT molecular complexity index is 869. The maximum atomic E-state index is 12.0. The summed E-state index contributed by atoms with van der Waals surface area (Å²) in [4.78, 5) is 16.5. The number of sulfonamides is 1. The van der Waals surface area contributed by atoms with Gasteiger partial charge < -0.3 is 10.6 Å². The third-order valence-electron chi connectivity index (χ3n) is 3.77. The Hall–Kier alpha value is -1.97. The first-order chi connectivity index (χ1) is 12.6. The second-order valence-electron chi connectivity index (χ2n) is 7.21. The van der Waals surface area contributed by atoms with E-state index in [2.05, 4.69) is 41.1 Å². The molecule has 0 spiro atoms. The van der Waals surface area contributed by atoms with Gasteiger partial charge in [-0.1, -0.05) is 45.0 Å². The normalized spacial score (nSPS) is 12.0. The number of nitrogens with one attached hydrogen (secondary N) is 3. The minimum absolute atomic E-state index is 0.00383. The smallest absolute Gasteiger partial charge is 0.315 e. The van der Waals surface area contributed by atoms with Crippen molar-refractivity contribution in [2.45, 2.75) is 45.0 Å². The molecule has 0 saturated carbocycles. The number of carbonyl (C=O) groups excluding carboxylic acids is 1. The molecule has 2 amide bonds. The number of benzene rings is 1. The van der Waals surface area contributed by atoms with E-state index >= 15 is 0 Å². The molecule has 0 saturated heterocycles. The monoisotopic (exact) mass is 410 g/mol. The molecule has 148 valence electrons. The van der Waals surface area contributed by atoms with Crippen LogP contribution in [0, 0.1) is 0 Å². The zero-order valence-corrected chi connectivity index (χ0v) is 17.6. The number of thiazole rings is 1. The quantitative estimate of drug-likeness (QED) is 0.653. The summed E-state index contributed by atoms with van der Waals surface area (Å²) in [6, 6.07) is 6.82. The van der Waals surface area contributed by atoms with Crippen molar-refractivity contribution >= 4 is 27.4 Å². The molecule has 0 aliphatic carbocycles. The first kappa shape index (κ1) is 21.3. The number of urea groups is 1. The van der Waals surface area contributed by atoms with E-state index in [0.717, 1.165) is 16.3 Å². The molecule has 0 aliphatic rings.